The van der Waals surface area contributed by atoms with Crippen LogP contribution in [0.25, 0.3) is 93.2 Å². The summed E-state index contributed by atoms with van der Waals surface area (Å²) in [5.41, 5.74) is 13.1. The van der Waals surface area contributed by atoms with E-state index in [4.69, 9.17) is 6.57 Å². The molecule has 0 N–H and O–H groups in total. The minimum Gasteiger partial charge on any atom is -0.319 e. The van der Waals surface area contributed by atoms with Gasteiger partial charge in [-0.15, -0.1) is 0 Å². The number of aryl methyl sites for hydroxylation is 4. The van der Waals surface area contributed by atoms with Gasteiger partial charge in [-0.05, 0) is 110 Å². The zero-order valence-electron chi connectivity index (χ0n) is 33.5. The SMILES string of the molecule is [C-]#[N+]c1c(-n2c3ccccc3c3cc(-c4cc(C)cc(C)c4)ccc32)ccc(-c2ccccc2C(F)(F)F)c1-n1c2ccccc2c2cc(-c3cc(C)cc(C)c3)ccc21. The minimum atomic E-state index is -4.63. The van der Waals surface area contributed by atoms with Gasteiger partial charge in [0.15, 0.2) is 0 Å². The number of hydrogen-bond acceptors (Lipinski definition) is 0. The quantitative estimate of drug-likeness (QED) is 0.154. The molecule has 8 aromatic carbocycles. The van der Waals surface area contributed by atoms with Gasteiger partial charge in [-0.3, -0.25) is 0 Å². The van der Waals surface area contributed by atoms with E-state index >= 15 is 0 Å². The van der Waals surface area contributed by atoms with Gasteiger partial charge in [0.05, 0.1) is 45.6 Å². The van der Waals surface area contributed by atoms with Crippen molar-refractivity contribution in [3.05, 3.63) is 197 Å². The zero-order valence-corrected chi connectivity index (χ0v) is 33.5. The maximum absolute atomic E-state index is 14.9. The van der Waals surface area contributed by atoms with E-state index in [9.17, 15) is 13.2 Å². The molecule has 0 radical (unpaired) electrons. The average molecular weight is 786 g/mol. The molecule has 0 atom stereocenters. The first-order chi connectivity index (χ1) is 29.0. The van der Waals surface area contributed by atoms with Crippen LogP contribution in [-0.4, -0.2) is 9.13 Å². The number of nitrogens with zero attached hydrogens (tertiary/aromatic N) is 3. The van der Waals surface area contributed by atoms with Crippen molar-refractivity contribution in [1.82, 2.24) is 9.13 Å². The number of para-hydroxylation sites is 2. The highest BCUT2D eigenvalue weighted by atomic mass is 19.4. The summed E-state index contributed by atoms with van der Waals surface area (Å²) in [7, 11) is 0. The van der Waals surface area contributed by atoms with Crippen LogP contribution in [0.4, 0.5) is 18.9 Å². The Balaban J connectivity index is 1.31. The molecule has 6 heteroatoms. The van der Waals surface area contributed by atoms with Gasteiger partial charge < -0.3 is 9.13 Å². The first-order valence-corrected chi connectivity index (χ1v) is 19.9. The normalized spacial score (nSPS) is 11.9. The van der Waals surface area contributed by atoms with Gasteiger partial charge in [0, 0.05) is 21.5 Å². The summed E-state index contributed by atoms with van der Waals surface area (Å²) in [6, 6.07) is 51.0. The average Bonchev–Trinajstić information content (AvgIpc) is 3.74. The predicted octanol–water partition coefficient (Wildman–Crippen LogP) is 15.7. The topological polar surface area (TPSA) is 14.2 Å². The molecule has 60 heavy (non-hydrogen) atoms. The fourth-order valence-corrected chi connectivity index (χ4v) is 9.36. The molecule has 10 rings (SSSR count). The Bertz CT molecular complexity index is 3390. The van der Waals surface area contributed by atoms with Crippen LogP contribution < -0.4 is 0 Å². The highest BCUT2D eigenvalue weighted by Gasteiger charge is 2.35. The van der Waals surface area contributed by atoms with Crippen molar-refractivity contribution in [2.24, 2.45) is 0 Å². The number of benzene rings is 8. The summed E-state index contributed by atoms with van der Waals surface area (Å²) < 4.78 is 48.9. The molecular formula is C54H38F3N3. The first-order valence-electron chi connectivity index (χ1n) is 19.9. The second-order valence-corrected chi connectivity index (χ2v) is 15.9. The Morgan fingerprint density at radius 1 is 0.433 bits per heavy atom. The summed E-state index contributed by atoms with van der Waals surface area (Å²) >= 11 is 0. The molecular weight excluding hydrogens is 748 g/mol. The molecule has 0 fully saturated rings. The number of halogens is 3. The maximum Gasteiger partial charge on any atom is 0.417 e. The third kappa shape index (κ3) is 5.96. The monoisotopic (exact) mass is 785 g/mol. The lowest BCUT2D eigenvalue weighted by atomic mass is 9.95. The van der Waals surface area contributed by atoms with Gasteiger partial charge >= 0.3 is 6.18 Å². The molecule has 0 unspecified atom stereocenters. The summed E-state index contributed by atoms with van der Waals surface area (Å²) in [5.74, 6) is 0. The Labute approximate surface area is 346 Å². The van der Waals surface area contributed by atoms with E-state index < -0.39 is 11.7 Å². The van der Waals surface area contributed by atoms with E-state index in [-0.39, 0.29) is 11.3 Å². The highest BCUT2D eigenvalue weighted by Crippen LogP contribution is 2.48. The summed E-state index contributed by atoms with van der Waals surface area (Å²) in [6.45, 7) is 17.3. The number of alkyl halides is 3. The lowest BCUT2D eigenvalue weighted by molar-refractivity contribution is -0.137. The number of rotatable bonds is 5. The van der Waals surface area contributed by atoms with E-state index in [0.717, 1.165) is 83.1 Å². The van der Waals surface area contributed by atoms with Crippen molar-refractivity contribution in [1.29, 1.82) is 0 Å². The maximum atomic E-state index is 14.9. The molecule has 290 valence electrons. The van der Waals surface area contributed by atoms with Crippen LogP contribution in [0, 0.1) is 34.3 Å². The molecule has 3 nitrogen and oxygen atoms in total. The van der Waals surface area contributed by atoms with Crippen LogP contribution in [0.1, 0.15) is 27.8 Å². The highest BCUT2D eigenvalue weighted by molar-refractivity contribution is 6.14. The Morgan fingerprint density at radius 3 is 1.43 bits per heavy atom. The predicted molar refractivity (Wildman–Crippen MR) is 242 cm³/mol. The van der Waals surface area contributed by atoms with Crippen LogP contribution in [0.2, 0.25) is 0 Å². The molecule has 0 amide bonds. The van der Waals surface area contributed by atoms with Gasteiger partial charge in [0.25, 0.3) is 0 Å². The van der Waals surface area contributed by atoms with Gasteiger partial charge in [0.1, 0.15) is 0 Å². The molecule has 2 heterocycles. The van der Waals surface area contributed by atoms with Gasteiger partial charge in [-0.25, -0.2) is 4.85 Å². The molecule has 0 saturated carbocycles. The van der Waals surface area contributed by atoms with Crippen molar-refractivity contribution in [3.8, 4) is 44.8 Å². The first kappa shape index (κ1) is 36.9. The zero-order chi connectivity index (χ0) is 41.4. The van der Waals surface area contributed by atoms with Crippen molar-refractivity contribution in [2.45, 2.75) is 33.9 Å². The molecule has 0 spiro atoms. The Morgan fingerprint density at radius 2 is 0.900 bits per heavy atom. The van der Waals surface area contributed by atoms with Gasteiger partial charge in [-0.1, -0.05) is 131 Å². The largest absolute Gasteiger partial charge is 0.417 e. The molecule has 2 aromatic heterocycles. The smallest absolute Gasteiger partial charge is 0.319 e. The van der Waals surface area contributed by atoms with Crippen LogP contribution >= 0.6 is 0 Å². The molecule has 0 aliphatic carbocycles. The fourth-order valence-electron chi connectivity index (χ4n) is 9.36. The molecule has 0 aliphatic heterocycles. The van der Waals surface area contributed by atoms with Crippen LogP contribution in [0.15, 0.2) is 158 Å². The summed E-state index contributed by atoms with van der Waals surface area (Å²) in [6.07, 6.45) is -4.63. The second-order valence-electron chi connectivity index (χ2n) is 15.9. The van der Waals surface area contributed by atoms with Crippen LogP contribution in [0.3, 0.4) is 0 Å². The van der Waals surface area contributed by atoms with E-state index in [0.29, 0.717) is 16.9 Å². The van der Waals surface area contributed by atoms with E-state index in [1.165, 1.54) is 23.3 Å². The van der Waals surface area contributed by atoms with Crippen molar-refractivity contribution in [3.63, 3.8) is 0 Å². The minimum absolute atomic E-state index is 0.00884. The fraction of sp³-hybridized carbons (Fsp3) is 0.0926. The molecule has 0 saturated heterocycles. The van der Waals surface area contributed by atoms with Crippen LogP contribution in [-0.2, 0) is 6.18 Å². The lowest BCUT2D eigenvalue weighted by Gasteiger charge is -2.22. The standard InChI is InChI=1S/C54H38F3N3/c1-32-24-33(2)27-38(26-32)36-18-21-49-44(30-36)41-13-7-10-16-47(41)59(49)51-23-20-43(40-12-6-9-15-46(40)54(55,56)57)53(52(51)58-5)60-48-17-11-8-14-42(48)45-31-37(19-22-50(45)60)39-28-34(3)25-35(4)29-39/h6-31H,1-4H3. The van der Waals surface area contributed by atoms with Crippen LogP contribution in [0.5, 0.6) is 0 Å². The number of fused-ring (bicyclic) bond motifs is 6. The third-order valence-electron chi connectivity index (χ3n) is 11.7. The second kappa shape index (κ2) is 13.9. The Kier molecular flexibility index (Phi) is 8.55. The number of hydrogen-bond donors (Lipinski definition) is 0. The van der Waals surface area contributed by atoms with Gasteiger partial charge in [-0.2, -0.15) is 13.2 Å². The van der Waals surface area contributed by atoms with Crippen molar-refractivity contribution < 1.29 is 13.2 Å². The molecule has 0 bridgehead atoms. The van der Waals surface area contributed by atoms with Gasteiger partial charge in [0.2, 0.25) is 5.69 Å². The van der Waals surface area contributed by atoms with E-state index in [2.05, 4.69) is 110 Å². The van der Waals surface area contributed by atoms with Crippen molar-refractivity contribution in [2.75, 3.05) is 0 Å². The Hall–Kier alpha value is -7.36. The van der Waals surface area contributed by atoms with E-state index in [1.807, 2.05) is 59.2 Å². The lowest BCUT2D eigenvalue weighted by Crippen LogP contribution is -2.09. The number of aromatic nitrogens is 2. The third-order valence-corrected chi connectivity index (χ3v) is 11.7. The molecule has 10 aromatic rings. The summed E-state index contributed by atoms with van der Waals surface area (Å²) in [5, 5.41) is 3.90. The van der Waals surface area contributed by atoms with E-state index in [1.54, 1.807) is 12.1 Å². The summed E-state index contributed by atoms with van der Waals surface area (Å²) in [4.78, 5) is 4.28. The van der Waals surface area contributed by atoms with Crippen molar-refractivity contribution >= 4 is 49.3 Å². The molecule has 0 aliphatic rings.